The van der Waals surface area contributed by atoms with E-state index in [1.807, 2.05) is 37.3 Å². The van der Waals surface area contributed by atoms with E-state index in [0.717, 1.165) is 18.4 Å². The number of hydrogen-bond donors (Lipinski definition) is 2. The molecule has 2 aromatic carbocycles. The quantitative estimate of drug-likeness (QED) is 0.387. The van der Waals surface area contributed by atoms with Gasteiger partial charge in [0.1, 0.15) is 0 Å². The van der Waals surface area contributed by atoms with E-state index in [2.05, 4.69) is 10.6 Å². The Labute approximate surface area is 187 Å². The van der Waals surface area contributed by atoms with E-state index in [4.69, 9.17) is 9.47 Å². The van der Waals surface area contributed by atoms with Crippen LogP contribution in [0.4, 0.5) is 5.69 Å². The number of hydrogen-bond acceptors (Lipinski definition) is 6. The number of esters is 2. The molecule has 0 aromatic heterocycles. The van der Waals surface area contributed by atoms with Gasteiger partial charge in [-0.1, -0.05) is 43.7 Å². The number of benzene rings is 2. The van der Waals surface area contributed by atoms with Gasteiger partial charge in [-0.15, -0.1) is 0 Å². The lowest BCUT2D eigenvalue weighted by Crippen LogP contribution is -2.25. The Kier molecular flexibility index (Phi) is 10.4. The molecule has 2 amide bonds. The summed E-state index contributed by atoms with van der Waals surface area (Å²) in [5, 5.41) is 5.29. The molecule has 0 bridgehead atoms. The van der Waals surface area contributed by atoms with Crippen molar-refractivity contribution in [3.05, 3.63) is 65.7 Å². The first-order valence-corrected chi connectivity index (χ1v) is 10.5. The Morgan fingerprint density at radius 3 is 2.25 bits per heavy atom. The van der Waals surface area contributed by atoms with Gasteiger partial charge in [-0.3, -0.25) is 14.4 Å². The van der Waals surface area contributed by atoms with Crippen LogP contribution in [0.3, 0.4) is 0 Å². The molecule has 170 valence electrons. The fourth-order valence-corrected chi connectivity index (χ4v) is 2.60. The number of rotatable bonds is 12. The summed E-state index contributed by atoms with van der Waals surface area (Å²) >= 11 is 0. The lowest BCUT2D eigenvalue weighted by Gasteiger charge is -2.08. The molecule has 0 unspecified atom stereocenters. The topological polar surface area (TPSA) is 111 Å². The molecule has 0 atom stereocenters. The summed E-state index contributed by atoms with van der Waals surface area (Å²) in [4.78, 5) is 47.4. The van der Waals surface area contributed by atoms with E-state index in [0.29, 0.717) is 24.4 Å². The Morgan fingerprint density at radius 1 is 0.844 bits per heavy atom. The van der Waals surface area contributed by atoms with Crippen molar-refractivity contribution < 1.29 is 28.7 Å². The van der Waals surface area contributed by atoms with Gasteiger partial charge in [0.2, 0.25) is 5.91 Å². The van der Waals surface area contributed by atoms with Gasteiger partial charge in [0.25, 0.3) is 5.91 Å². The minimum atomic E-state index is -0.639. The molecule has 0 saturated heterocycles. The van der Waals surface area contributed by atoms with Gasteiger partial charge < -0.3 is 20.1 Å². The molecule has 32 heavy (non-hydrogen) atoms. The van der Waals surface area contributed by atoms with E-state index < -0.39 is 24.5 Å². The van der Waals surface area contributed by atoms with Crippen LogP contribution in [-0.4, -0.2) is 37.0 Å². The number of nitrogens with one attached hydrogen (secondary N) is 2. The highest BCUT2D eigenvalue weighted by molar-refractivity contribution is 5.94. The van der Waals surface area contributed by atoms with Crippen LogP contribution in [0.1, 0.15) is 48.5 Å². The first-order chi connectivity index (χ1) is 15.5. The van der Waals surface area contributed by atoms with E-state index in [1.54, 1.807) is 24.3 Å². The largest absolute Gasteiger partial charge is 0.462 e. The van der Waals surface area contributed by atoms with Crippen molar-refractivity contribution in [3.63, 3.8) is 0 Å². The van der Waals surface area contributed by atoms with E-state index in [-0.39, 0.29) is 18.7 Å². The molecule has 8 nitrogen and oxygen atoms in total. The third-order valence-electron chi connectivity index (χ3n) is 4.39. The smallest absolute Gasteiger partial charge is 0.338 e. The van der Waals surface area contributed by atoms with Gasteiger partial charge in [0, 0.05) is 18.7 Å². The molecule has 8 heteroatoms. The van der Waals surface area contributed by atoms with Crippen molar-refractivity contribution in [2.24, 2.45) is 0 Å². The first kappa shape index (κ1) is 24.6. The Morgan fingerprint density at radius 2 is 1.56 bits per heavy atom. The molecule has 0 fully saturated rings. The molecule has 2 rings (SSSR count). The number of anilines is 1. The van der Waals surface area contributed by atoms with Crippen LogP contribution in [0.25, 0.3) is 0 Å². The number of unbranched alkanes of at least 4 members (excludes halogenated alkanes) is 1. The number of ether oxygens (including phenoxy) is 2. The fourth-order valence-electron chi connectivity index (χ4n) is 2.60. The van der Waals surface area contributed by atoms with Gasteiger partial charge in [-0.2, -0.15) is 0 Å². The van der Waals surface area contributed by atoms with Crippen molar-refractivity contribution in [3.8, 4) is 0 Å². The van der Waals surface area contributed by atoms with Crippen molar-refractivity contribution in [1.82, 2.24) is 5.32 Å². The van der Waals surface area contributed by atoms with Crippen LogP contribution in [0.5, 0.6) is 0 Å². The zero-order valence-electron chi connectivity index (χ0n) is 18.1. The third-order valence-corrected chi connectivity index (χ3v) is 4.39. The summed E-state index contributed by atoms with van der Waals surface area (Å²) in [7, 11) is 0. The third kappa shape index (κ3) is 9.42. The van der Waals surface area contributed by atoms with Gasteiger partial charge in [0.15, 0.2) is 6.61 Å². The predicted octanol–water partition coefficient (Wildman–Crippen LogP) is 3.22. The summed E-state index contributed by atoms with van der Waals surface area (Å²) in [6.07, 6.45) is 1.59. The number of carbonyl (C=O) groups excluding carboxylic acids is 4. The molecule has 0 saturated carbocycles. The minimum Gasteiger partial charge on any atom is -0.462 e. The molecule has 0 radical (unpaired) electrons. The zero-order chi connectivity index (χ0) is 23.2. The second-order valence-corrected chi connectivity index (χ2v) is 7.04. The lowest BCUT2D eigenvalue weighted by molar-refractivity contribution is -0.148. The summed E-state index contributed by atoms with van der Waals surface area (Å²) in [5.41, 5.74) is 1.80. The molecule has 2 aromatic rings. The maximum absolute atomic E-state index is 11.9. The molecular weight excluding hydrogens is 412 g/mol. The van der Waals surface area contributed by atoms with Gasteiger partial charge >= 0.3 is 11.9 Å². The Balaban J connectivity index is 1.64. The second kappa shape index (κ2) is 13.6. The normalized spacial score (nSPS) is 10.2. The zero-order valence-corrected chi connectivity index (χ0v) is 18.1. The molecular formula is C24H28N2O6. The minimum absolute atomic E-state index is 0.0247. The van der Waals surface area contributed by atoms with Crippen molar-refractivity contribution in [1.29, 1.82) is 0 Å². The van der Waals surface area contributed by atoms with Gasteiger partial charge in [0.05, 0.1) is 18.6 Å². The van der Waals surface area contributed by atoms with Gasteiger partial charge in [-0.25, -0.2) is 4.79 Å². The highest BCUT2D eigenvalue weighted by Gasteiger charge is 2.12. The van der Waals surface area contributed by atoms with Crippen LogP contribution in [0.2, 0.25) is 0 Å². The van der Waals surface area contributed by atoms with Crippen LogP contribution in [0.15, 0.2) is 54.6 Å². The van der Waals surface area contributed by atoms with Gasteiger partial charge in [-0.05, 0) is 36.2 Å². The van der Waals surface area contributed by atoms with Crippen molar-refractivity contribution in [2.75, 3.05) is 18.5 Å². The van der Waals surface area contributed by atoms with E-state index in [1.165, 1.54) is 0 Å². The highest BCUT2D eigenvalue weighted by atomic mass is 16.5. The number of carbonyl (C=O) groups is 4. The molecule has 0 aliphatic carbocycles. The fraction of sp³-hybridized carbons (Fsp3) is 0.333. The van der Waals surface area contributed by atoms with E-state index in [9.17, 15) is 19.2 Å². The molecule has 0 heterocycles. The van der Waals surface area contributed by atoms with Crippen LogP contribution in [0, 0.1) is 0 Å². The summed E-state index contributed by atoms with van der Waals surface area (Å²) in [5.74, 6) is -1.85. The SMILES string of the molecule is CCCCOC(=O)c1ccc(NC(=O)COC(=O)CCC(=O)NCc2ccccc2)cc1. The number of amides is 2. The predicted molar refractivity (Wildman–Crippen MR) is 119 cm³/mol. The van der Waals surface area contributed by atoms with Crippen LogP contribution >= 0.6 is 0 Å². The average molecular weight is 440 g/mol. The monoisotopic (exact) mass is 440 g/mol. The summed E-state index contributed by atoms with van der Waals surface area (Å²) in [6, 6.07) is 15.6. The lowest BCUT2D eigenvalue weighted by atomic mass is 10.2. The summed E-state index contributed by atoms with van der Waals surface area (Å²) in [6.45, 7) is 2.29. The van der Waals surface area contributed by atoms with E-state index >= 15 is 0 Å². The average Bonchev–Trinajstić information content (AvgIpc) is 2.81. The van der Waals surface area contributed by atoms with Crippen molar-refractivity contribution >= 4 is 29.4 Å². The van der Waals surface area contributed by atoms with Crippen molar-refractivity contribution in [2.45, 2.75) is 39.2 Å². The highest BCUT2D eigenvalue weighted by Crippen LogP contribution is 2.11. The molecule has 2 N–H and O–H groups in total. The second-order valence-electron chi connectivity index (χ2n) is 7.04. The summed E-state index contributed by atoms with van der Waals surface area (Å²) < 4.78 is 10.0. The Hall–Kier alpha value is -3.68. The van der Waals surface area contributed by atoms with Crippen LogP contribution < -0.4 is 10.6 Å². The van der Waals surface area contributed by atoms with Crippen LogP contribution in [-0.2, 0) is 30.4 Å². The standard InChI is InChI=1S/C24H28N2O6/c1-2-3-15-31-24(30)19-9-11-20(12-10-19)26-22(28)17-32-23(29)14-13-21(27)25-16-18-7-5-4-6-8-18/h4-12H,2-3,13-17H2,1H3,(H,25,27)(H,26,28). The molecule has 0 aliphatic heterocycles. The molecule has 0 spiro atoms. The maximum atomic E-state index is 11.9. The maximum Gasteiger partial charge on any atom is 0.338 e. The Bertz CT molecular complexity index is 896. The first-order valence-electron chi connectivity index (χ1n) is 10.5. The molecule has 0 aliphatic rings.